The lowest BCUT2D eigenvalue weighted by atomic mass is 10.3. The zero-order valence-electron chi connectivity index (χ0n) is 17.0. The van der Waals surface area contributed by atoms with Crippen LogP contribution < -0.4 is 10.6 Å². The van der Waals surface area contributed by atoms with Crippen LogP contribution in [0.3, 0.4) is 0 Å². The zero-order valence-corrected chi connectivity index (χ0v) is 17.0. The Balaban J connectivity index is 1.30. The Morgan fingerprint density at radius 2 is 1.75 bits per heavy atom. The highest BCUT2D eigenvalue weighted by molar-refractivity contribution is 5.80. The molecule has 158 valence electrons. The van der Waals surface area contributed by atoms with Gasteiger partial charge in [-0.3, -0.25) is 19.5 Å². The van der Waals surface area contributed by atoms with E-state index in [0.717, 1.165) is 57.9 Å². The molecule has 1 aliphatic carbocycles. The average molecular weight is 395 g/mol. The van der Waals surface area contributed by atoms with E-state index in [1.54, 1.807) is 7.05 Å². The number of ether oxygens (including phenoxy) is 1. The first-order chi connectivity index (χ1) is 13.7. The fourth-order valence-corrected chi connectivity index (χ4v) is 3.53. The van der Waals surface area contributed by atoms with Crippen molar-refractivity contribution in [2.75, 3.05) is 72.6 Å². The van der Waals surface area contributed by atoms with E-state index >= 15 is 0 Å². The molecule has 0 unspecified atom stereocenters. The Hall–Kier alpha value is -1.87. The monoisotopic (exact) mass is 394 g/mol. The molecular formula is C19H34N6O3. The van der Waals surface area contributed by atoms with Crippen molar-refractivity contribution >= 4 is 17.8 Å². The summed E-state index contributed by atoms with van der Waals surface area (Å²) in [6.45, 7) is 7.30. The van der Waals surface area contributed by atoms with E-state index in [0.29, 0.717) is 45.3 Å². The number of hydrogen-bond acceptors (Lipinski definition) is 5. The number of hydrogen-bond donors (Lipinski definition) is 2. The third kappa shape index (κ3) is 6.63. The maximum Gasteiger partial charge on any atom is 0.236 e. The highest BCUT2D eigenvalue weighted by Gasteiger charge is 2.24. The van der Waals surface area contributed by atoms with Crippen molar-refractivity contribution in [2.45, 2.75) is 31.7 Å². The van der Waals surface area contributed by atoms with Crippen LogP contribution >= 0.6 is 0 Å². The van der Waals surface area contributed by atoms with Gasteiger partial charge >= 0.3 is 0 Å². The Labute approximate surface area is 167 Å². The van der Waals surface area contributed by atoms with E-state index < -0.39 is 0 Å². The van der Waals surface area contributed by atoms with Gasteiger partial charge < -0.3 is 25.2 Å². The number of morpholine rings is 1. The van der Waals surface area contributed by atoms with Gasteiger partial charge in [-0.05, 0) is 19.3 Å². The van der Waals surface area contributed by atoms with Gasteiger partial charge in [0.2, 0.25) is 11.8 Å². The fourth-order valence-electron chi connectivity index (χ4n) is 3.53. The molecule has 0 radical (unpaired) electrons. The predicted molar refractivity (Wildman–Crippen MR) is 107 cm³/mol. The van der Waals surface area contributed by atoms with Crippen LogP contribution in [0.4, 0.5) is 0 Å². The summed E-state index contributed by atoms with van der Waals surface area (Å²) < 4.78 is 5.31. The number of amides is 2. The van der Waals surface area contributed by atoms with E-state index in [9.17, 15) is 9.59 Å². The Kier molecular flexibility index (Phi) is 7.90. The Bertz CT molecular complexity index is 552. The molecule has 0 spiro atoms. The van der Waals surface area contributed by atoms with Crippen molar-refractivity contribution in [3.05, 3.63) is 0 Å². The summed E-state index contributed by atoms with van der Waals surface area (Å²) >= 11 is 0. The second-order valence-electron chi connectivity index (χ2n) is 7.68. The van der Waals surface area contributed by atoms with Gasteiger partial charge in [-0.25, -0.2) is 0 Å². The molecular weight excluding hydrogens is 360 g/mol. The van der Waals surface area contributed by atoms with E-state index in [1.165, 1.54) is 0 Å². The first kappa shape index (κ1) is 20.9. The van der Waals surface area contributed by atoms with Crippen molar-refractivity contribution in [1.82, 2.24) is 25.3 Å². The fraction of sp³-hybridized carbons (Fsp3) is 0.842. The van der Waals surface area contributed by atoms with Gasteiger partial charge in [0.15, 0.2) is 5.96 Å². The Morgan fingerprint density at radius 1 is 1.04 bits per heavy atom. The van der Waals surface area contributed by atoms with E-state index in [-0.39, 0.29) is 11.8 Å². The molecule has 2 N–H and O–H groups in total. The van der Waals surface area contributed by atoms with Crippen molar-refractivity contribution in [3.8, 4) is 0 Å². The summed E-state index contributed by atoms with van der Waals surface area (Å²) in [4.78, 5) is 34.8. The second kappa shape index (κ2) is 10.6. The minimum Gasteiger partial charge on any atom is -0.378 e. The van der Waals surface area contributed by atoms with Gasteiger partial charge in [0.05, 0.1) is 19.8 Å². The van der Waals surface area contributed by atoms with Gasteiger partial charge in [0.25, 0.3) is 0 Å². The summed E-state index contributed by atoms with van der Waals surface area (Å²) in [6, 6.07) is 0.430. The van der Waals surface area contributed by atoms with Crippen molar-refractivity contribution in [3.63, 3.8) is 0 Å². The highest BCUT2D eigenvalue weighted by Crippen LogP contribution is 2.18. The van der Waals surface area contributed by atoms with Gasteiger partial charge in [0.1, 0.15) is 0 Å². The van der Waals surface area contributed by atoms with Crippen LogP contribution in [-0.4, -0.2) is 111 Å². The minimum atomic E-state index is 0.151. The number of piperazine rings is 1. The van der Waals surface area contributed by atoms with Crippen molar-refractivity contribution in [1.29, 1.82) is 0 Å². The molecule has 9 heteroatoms. The van der Waals surface area contributed by atoms with Gasteiger partial charge in [-0.2, -0.15) is 0 Å². The van der Waals surface area contributed by atoms with Crippen LogP contribution in [-0.2, 0) is 14.3 Å². The summed E-state index contributed by atoms with van der Waals surface area (Å²) in [5, 5.41) is 6.37. The SMILES string of the molecule is CN=C(NCCCC(=O)NC1CC1)N1CCN(CC(=O)N2CCOCC2)CC1. The molecule has 9 nitrogen and oxygen atoms in total. The summed E-state index contributed by atoms with van der Waals surface area (Å²) in [5.74, 6) is 1.23. The lowest BCUT2D eigenvalue weighted by molar-refractivity contribution is -0.136. The quantitative estimate of drug-likeness (QED) is 0.330. The minimum absolute atomic E-state index is 0.151. The number of carbonyl (C=O) groups is 2. The highest BCUT2D eigenvalue weighted by atomic mass is 16.5. The van der Waals surface area contributed by atoms with Crippen LogP contribution in [0.2, 0.25) is 0 Å². The molecule has 2 amide bonds. The maximum atomic E-state index is 12.4. The van der Waals surface area contributed by atoms with Crippen LogP contribution in [0, 0.1) is 0 Å². The average Bonchev–Trinajstić information content (AvgIpc) is 3.53. The van der Waals surface area contributed by atoms with Crippen molar-refractivity contribution < 1.29 is 14.3 Å². The lowest BCUT2D eigenvalue weighted by Crippen LogP contribution is -2.55. The number of carbonyl (C=O) groups excluding carboxylic acids is 2. The molecule has 0 aromatic rings. The molecule has 0 aromatic carbocycles. The number of rotatable bonds is 7. The summed E-state index contributed by atoms with van der Waals surface area (Å²) in [7, 11) is 1.79. The Morgan fingerprint density at radius 3 is 2.39 bits per heavy atom. The number of guanidine groups is 1. The second-order valence-corrected chi connectivity index (χ2v) is 7.68. The largest absolute Gasteiger partial charge is 0.378 e. The van der Waals surface area contributed by atoms with Crippen molar-refractivity contribution in [2.24, 2.45) is 4.99 Å². The normalized spacial score (nSPS) is 21.5. The maximum absolute atomic E-state index is 12.4. The predicted octanol–water partition coefficient (Wildman–Crippen LogP) is -0.903. The summed E-state index contributed by atoms with van der Waals surface area (Å²) in [5.41, 5.74) is 0. The first-order valence-corrected chi connectivity index (χ1v) is 10.5. The molecule has 2 heterocycles. The smallest absolute Gasteiger partial charge is 0.236 e. The lowest BCUT2D eigenvalue weighted by Gasteiger charge is -2.37. The zero-order chi connectivity index (χ0) is 19.8. The van der Waals surface area contributed by atoms with Crippen LogP contribution in [0.25, 0.3) is 0 Å². The molecule has 3 fully saturated rings. The molecule has 0 bridgehead atoms. The first-order valence-electron chi connectivity index (χ1n) is 10.5. The standard InChI is InChI=1S/C19H34N6O3/c1-20-19(21-6-2-3-17(26)22-16-4-5-16)25-9-7-23(8-10-25)15-18(27)24-11-13-28-14-12-24/h16H,2-15H2,1H3,(H,20,21)(H,22,26). The molecule has 3 aliphatic rings. The van der Waals surface area contributed by atoms with Gasteiger partial charge in [-0.15, -0.1) is 0 Å². The van der Waals surface area contributed by atoms with Crippen LogP contribution in [0.15, 0.2) is 4.99 Å². The third-order valence-electron chi connectivity index (χ3n) is 5.41. The number of aliphatic imine (C=N–C) groups is 1. The number of nitrogens with zero attached hydrogens (tertiary/aromatic N) is 4. The molecule has 3 rings (SSSR count). The molecule has 1 saturated carbocycles. The van der Waals surface area contributed by atoms with Gasteiger partial charge in [0, 0.05) is 65.3 Å². The topological polar surface area (TPSA) is 89.5 Å². The van der Waals surface area contributed by atoms with Crippen LogP contribution in [0.1, 0.15) is 25.7 Å². The molecule has 0 atom stereocenters. The molecule has 2 aliphatic heterocycles. The van der Waals surface area contributed by atoms with Gasteiger partial charge in [-0.1, -0.05) is 0 Å². The van der Waals surface area contributed by atoms with E-state index in [1.807, 2.05) is 4.90 Å². The number of nitrogens with one attached hydrogen (secondary N) is 2. The molecule has 2 saturated heterocycles. The van der Waals surface area contributed by atoms with Crippen LogP contribution in [0.5, 0.6) is 0 Å². The molecule has 0 aromatic heterocycles. The summed E-state index contributed by atoms with van der Waals surface area (Å²) in [6.07, 6.45) is 3.60. The molecule has 28 heavy (non-hydrogen) atoms. The third-order valence-corrected chi connectivity index (χ3v) is 5.41. The van der Waals surface area contributed by atoms with E-state index in [2.05, 4.69) is 25.4 Å². The van der Waals surface area contributed by atoms with E-state index in [4.69, 9.17) is 4.74 Å².